The van der Waals surface area contributed by atoms with Crippen LogP contribution in [0.4, 0.5) is 0 Å². The number of nitrogens with zero attached hydrogens (tertiary/aromatic N) is 4. The van der Waals surface area contributed by atoms with E-state index < -0.39 is 10.0 Å². The van der Waals surface area contributed by atoms with Crippen molar-refractivity contribution < 1.29 is 8.42 Å². The van der Waals surface area contributed by atoms with Crippen molar-refractivity contribution in [3.63, 3.8) is 0 Å². The number of piperidine rings is 1. The zero-order valence-electron chi connectivity index (χ0n) is 11.7. The fourth-order valence-electron chi connectivity index (χ4n) is 3.32. The molecule has 0 radical (unpaired) electrons. The highest BCUT2D eigenvalue weighted by Gasteiger charge is 2.35. The van der Waals surface area contributed by atoms with Crippen LogP contribution >= 0.6 is 0 Å². The Balaban J connectivity index is 1.62. The predicted molar refractivity (Wildman–Crippen MR) is 75.7 cm³/mol. The van der Waals surface area contributed by atoms with Crippen molar-refractivity contribution in [2.45, 2.75) is 56.2 Å². The van der Waals surface area contributed by atoms with E-state index in [0.29, 0.717) is 13.1 Å². The molecule has 2 heterocycles. The lowest BCUT2D eigenvalue weighted by Crippen LogP contribution is -2.44. The lowest BCUT2D eigenvalue weighted by atomic mass is 10.0. The van der Waals surface area contributed by atoms with Crippen LogP contribution < -0.4 is 0 Å². The fourth-order valence-corrected chi connectivity index (χ4v) is 5.39. The topological polar surface area (TPSA) is 68.1 Å². The van der Waals surface area contributed by atoms with Gasteiger partial charge in [-0.25, -0.2) is 12.7 Å². The molecule has 1 aromatic heterocycles. The molecule has 2 fully saturated rings. The van der Waals surface area contributed by atoms with Gasteiger partial charge in [0.2, 0.25) is 10.0 Å². The highest BCUT2D eigenvalue weighted by atomic mass is 32.2. The zero-order chi connectivity index (χ0) is 14.0. The van der Waals surface area contributed by atoms with Crippen LogP contribution in [-0.2, 0) is 10.0 Å². The summed E-state index contributed by atoms with van der Waals surface area (Å²) in [5.41, 5.74) is 0. The van der Waals surface area contributed by atoms with E-state index in [4.69, 9.17) is 0 Å². The molecular weight excluding hydrogens is 276 g/mol. The van der Waals surface area contributed by atoms with Crippen LogP contribution in [0.3, 0.4) is 0 Å². The van der Waals surface area contributed by atoms with Gasteiger partial charge < -0.3 is 0 Å². The molecule has 0 amide bonds. The van der Waals surface area contributed by atoms with Crippen LogP contribution in [0.15, 0.2) is 12.4 Å². The van der Waals surface area contributed by atoms with E-state index in [-0.39, 0.29) is 11.3 Å². The summed E-state index contributed by atoms with van der Waals surface area (Å²) in [6.45, 7) is 1.20. The molecule has 2 aliphatic rings. The van der Waals surface area contributed by atoms with Crippen molar-refractivity contribution in [1.82, 2.24) is 19.3 Å². The second-order valence-electron chi connectivity index (χ2n) is 5.78. The maximum atomic E-state index is 12.6. The first-order valence-corrected chi connectivity index (χ1v) is 9.03. The summed E-state index contributed by atoms with van der Waals surface area (Å²) in [7, 11) is -3.09. The van der Waals surface area contributed by atoms with E-state index in [0.717, 1.165) is 38.5 Å². The first-order valence-electron chi connectivity index (χ1n) is 7.52. The molecule has 1 saturated carbocycles. The minimum atomic E-state index is -3.09. The van der Waals surface area contributed by atoms with Gasteiger partial charge in [-0.3, -0.25) is 0 Å². The second kappa shape index (κ2) is 5.81. The van der Waals surface area contributed by atoms with Gasteiger partial charge in [0, 0.05) is 13.1 Å². The fraction of sp³-hybridized carbons (Fsp3) is 0.846. The molecule has 0 bridgehead atoms. The van der Waals surface area contributed by atoms with Gasteiger partial charge in [-0.2, -0.15) is 15.0 Å². The Hall–Kier alpha value is -0.950. The molecule has 7 heteroatoms. The van der Waals surface area contributed by atoms with Gasteiger partial charge >= 0.3 is 0 Å². The third kappa shape index (κ3) is 2.74. The molecule has 0 atom stereocenters. The summed E-state index contributed by atoms with van der Waals surface area (Å²) in [6, 6.07) is 0.239. The molecule has 20 heavy (non-hydrogen) atoms. The first kappa shape index (κ1) is 14.0. The summed E-state index contributed by atoms with van der Waals surface area (Å²) < 4.78 is 26.9. The van der Waals surface area contributed by atoms with Gasteiger partial charge in [0.05, 0.1) is 23.7 Å². The van der Waals surface area contributed by atoms with Gasteiger partial charge in [0.25, 0.3) is 0 Å². The van der Waals surface area contributed by atoms with Crippen LogP contribution in [-0.4, -0.2) is 46.1 Å². The monoisotopic (exact) mass is 298 g/mol. The second-order valence-corrected chi connectivity index (χ2v) is 8.00. The van der Waals surface area contributed by atoms with Crippen molar-refractivity contribution in [2.75, 3.05) is 13.1 Å². The van der Waals surface area contributed by atoms with E-state index in [1.807, 2.05) is 0 Å². The van der Waals surface area contributed by atoms with Crippen LogP contribution in [0.2, 0.25) is 0 Å². The molecule has 0 unspecified atom stereocenters. The molecule has 1 aliphatic heterocycles. The maximum Gasteiger partial charge on any atom is 0.216 e. The van der Waals surface area contributed by atoms with Crippen molar-refractivity contribution in [1.29, 1.82) is 0 Å². The Morgan fingerprint density at radius 3 is 2.10 bits per heavy atom. The van der Waals surface area contributed by atoms with Gasteiger partial charge in [0.15, 0.2) is 0 Å². The van der Waals surface area contributed by atoms with Crippen molar-refractivity contribution >= 4 is 10.0 Å². The quantitative estimate of drug-likeness (QED) is 0.849. The average Bonchev–Trinajstić information content (AvgIpc) is 3.02. The van der Waals surface area contributed by atoms with Gasteiger partial charge in [0.1, 0.15) is 0 Å². The van der Waals surface area contributed by atoms with E-state index in [2.05, 4.69) is 10.2 Å². The predicted octanol–water partition coefficient (Wildman–Crippen LogP) is 1.58. The minimum Gasteiger partial charge on any atom is -0.212 e. The van der Waals surface area contributed by atoms with E-state index in [1.54, 1.807) is 21.5 Å². The van der Waals surface area contributed by atoms with Gasteiger partial charge in [-0.1, -0.05) is 19.3 Å². The lowest BCUT2D eigenvalue weighted by Gasteiger charge is -2.34. The third-order valence-corrected chi connectivity index (χ3v) is 6.92. The molecule has 112 valence electrons. The van der Waals surface area contributed by atoms with E-state index in [9.17, 15) is 8.42 Å². The molecule has 3 rings (SSSR count). The molecule has 0 N–H and O–H groups in total. The summed E-state index contributed by atoms with van der Waals surface area (Å²) in [4.78, 5) is 1.71. The van der Waals surface area contributed by atoms with Gasteiger partial charge in [-0.05, 0) is 25.7 Å². The van der Waals surface area contributed by atoms with Crippen molar-refractivity contribution in [3.05, 3.63) is 12.4 Å². The maximum absolute atomic E-state index is 12.6. The van der Waals surface area contributed by atoms with Crippen LogP contribution in [0.5, 0.6) is 0 Å². The number of hydrogen-bond acceptors (Lipinski definition) is 4. The van der Waals surface area contributed by atoms with Crippen LogP contribution in [0.1, 0.15) is 51.0 Å². The van der Waals surface area contributed by atoms with Crippen molar-refractivity contribution in [2.24, 2.45) is 0 Å². The molecule has 1 aromatic rings. The number of sulfonamides is 1. The average molecular weight is 298 g/mol. The van der Waals surface area contributed by atoms with Crippen LogP contribution in [0.25, 0.3) is 0 Å². The third-order valence-electron chi connectivity index (χ3n) is 4.52. The van der Waals surface area contributed by atoms with Gasteiger partial charge in [-0.15, -0.1) is 0 Å². The lowest BCUT2D eigenvalue weighted by molar-refractivity contribution is 0.242. The first-order chi connectivity index (χ1) is 9.68. The van der Waals surface area contributed by atoms with E-state index >= 15 is 0 Å². The number of aromatic nitrogens is 3. The largest absolute Gasteiger partial charge is 0.216 e. The highest BCUT2D eigenvalue weighted by Crippen LogP contribution is 2.29. The molecule has 6 nitrogen and oxygen atoms in total. The Labute approximate surface area is 120 Å². The SMILES string of the molecule is O=S(=O)(C1CCCCC1)N1CCC(n2nccn2)CC1. The Bertz CT molecular complexity index is 515. The molecular formula is C13H22N4O2S. The number of hydrogen-bond donors (Lipinski definition) is 0. The molecule has 1 aliphatic carbocycles. The van der Waals surface area contributed by atoms with E-state index in [1.165, 1.54) is 6.42 Å². The Morgan fingerprint density at radius 1 is 0.900 bits per heavy atom. The summed E-state index contributed by atoms with van der Waals surface area (Å²) in [5.74, 6) is 0. The zero-order valence-corrected chi connectivity index (χ0v) is 12.5. The van der Waals surface area contributed by atoms with Crippen LogP contribution in [0, 0.1) is 0 Å². The Morgan fingerprint density at radius 2 is 1.50 bits per heavy atom. The number of rotatable bonds is 3. The molecule has 0 spiro atoms. The van der Waals surface area contributed by atoms with Crippen molar-refractivity contribution in [3.8, 4) is 0 Å². The molecule has 1 saturated heterocycles. The smallest absolute Gasteiger partial charge is 0.212 e. The summed E-state index contributed by atoms with van der Waals surface area (Å²) >= 11 is 0. The Kier molecular flexibility index (Phi) is 4.07. The highest BCUT2D eigenvalue weighted by molar-refractivity contribution is 7.89. The molecule has 0 aromatic carbocycles. The standard InChI is InChI=1S/C13H22N4O2S/c18-20(19,13-4-2-1-3-5-13)16-10-6-12(7-11-16)17-14-8-9-15-17/h8-9,12-13H,1-7,10-11H2. The summed E-state index contributed by atoms with van der Waals surface area (Å²) in [5, 5.41) is 8.17. The summed E-state index contributed by atoms with van der Waals surface area (Å²) in [6.07, 6.45) is 9.91. The normalized spacial score (nSPS) is 24.0. The minimum absolute atomic E-state index is 0.143.